The molecule has 0 saturated heterocycles. The summed E-state index contributed by atoms with van der Waals surface area (Å²) in [6.07, 6.45) is 0.234. The van der Waals surface area contributed by atoms with Crippen molar-refractivity contribution in [1.82, 2.24) is 4.98 Å². The van der Waals surface area contributed by atoms with Crippen LogP contribution in [0.3, 0.4) is 0 Å². The van der Waals surface area contributed by atoms with E-state index in [2.05, 4.69) is 4.98 Å². The number of pyridine rings is 1. The normalized spacial score (nSPS) is 9.83. The maximum absolute atomic E-state index is 12.9. The number of ether oxygens (including phenoxy) is 1. The van der Waals surface area contributed by atoms with Crippen molar-refractivity contribution in [2.24, 2.45) is 0 Å². The van der Waals surface area contributed by atoms with Gasteiger partial charge in [0.05, 0.1) is 25.3 Å². The van der Waals surface area contributed by atoms with Crippen LogP contribution in [0.2, 0.25) is 0 Å². The summed E-state index contributed by atoms with van der Waals surface area (Å²) in [7, 11) is 1.55. The Kier molecular flexibility index (Phi) is 3.54. The molecule has 18 heavy (non-hydrogen) atoms. The highest BCUT2D eigenvalue weighted by Crippen LogP contribution is 2.28. The molecule has 1 aromatic carbocycles. The lowest BCUT2D eigenvalue weighted by Crippen LogP contribution is -1.95. The summed E-state index contributed by atoms with van der Waals surface area (Å²) in [4.78, 5) is 4.36. The Bertz CT molecular complexity index is 588. The molecule has 0 amide bonds. The number of hydrogen-bond acceptors (Lipinski definition) is 3. The van der Waals surface area contributed by atoms with Crippen LogP contribution in [0.4, 0.5) is 4.39 Å². The molecule has 0 saturated carbocycles. The van der Waals surface area contributed by atoms with Gasteiger partial charge in [-0.15, -0.1) is 0 Å². The zero-order valence-electron chi connectivity index (χ0n) is 9.85. The maximum atomic E-state index is 12.9. The molecule has 0 aliphatic heterocycles. The van der Waals surface area contributed by atoms with Gasteiger partial charge in [-0.25, -0.2) is 9.37 Å². The average molecular weight is 242 g/mol. The smallest absolute Gasteiger partial charge is 0.145 e. The summed E-state index contributed by atoms with van der Waals surface area (Å²) >= 11 is 0. The predicted octanol–water partition coefficient (Wildman–Crippen LogP) is 2.96. The van der Waals surface area contributed by atoms with Crippen molar-refractivity contribution in [3.8, 4) is 23.1 Å². The molecule has 0 bridgehead atoms. The summed E-state index contributed by atoms with van der Waals surface area (Å²) in [5.41, 5.74) is 2.04. The van der Waals surface area contributed by atoms with Crippen molar-refractivity contribution in [3.05, 3.63) is 47.9 Å². The third-order valence-corrected chi connectivity index (χ3v) is 2.51. The molecule has 0 fully saturated rings. The Hall–Kier alpha value is -2.41. The summed E-state index contributed by atoms with van der Waals surface area (Å²) in [5, 5.41) is 8.67. The Morgan fingerprint density at radius 2 is 1.94 bits per heavy atom. The van der Waals surface area contributed by atoms with Gasteiger partial charge in [-0.2, -0.15) is 5.26 Å². The standard InChI is InChI=1S/C14H11FN2O/c1-18-13-7-6-12(8-9-16)17-14(13)10-2-4-11(15)5-3-10/h2-7H,8H2,1H3. The fraction of sp³-hybridized carbons (Fsp3) is 0.143. The van der Waals surface area contributed by atoms with Gasteiger partial charge in [-0.3, -0.25) is 0 Å². The van der Waals surface area contributed by atoms with Gasteiger partial charge in [0.1, 0.15) is 17.3 Å². The van der Waals surface area contributed by atoms with Crippen LogP contribution < -0.4 is 4.74 Å². The molecule has 90 valence electrons. The van der Waals surface area contributed by atoms with E-state index in [9.17, 15) is 4.39 Å². The molecule has 1 aromatic heterocycles. The van der Waals surface area contributed by atoms with Crippen molar-refractivity contribution in [1.29, 1.82) is 5.26 Å². The number of hydrogen-bond donors (Lipinski definition) is 0. The third-order valence-electron chi connectivity index (χ3n) is 2.51. The predicted molar refractivity (Wildman–Crippen MR) is 65.5 cm³/mol. The van der Waals surface area contributed by atoms with Crippen LogP contribution in [0, 0.1) is 17.1 Å². The Morgan fingerprint density at radius 1 is 1.22 bits per heavy atom. The van der Waals surface area contributed by atoms with E-state index >= 15 is 0 Å². The van der Waals surface area contributed by atoms with E-state index in [4.69, 9.17) is 10.00 Å². The van der Waals surface area contributed by atoms with E-state index in [0.29, 0.717) is 17.1 Å². The van der Waals surface area contributed by atoms with Gasteiger partial charge in [0.2, 0.25) is 0 Å². The zero-order chi connectivity index (χ0) is 13.0. The number of halogens is 1. The lowest BCUT2D eigenvalue weighted by Gasteiger charge is -2.08. The molecule has 3 nitrogen and oxygen atoms in total. The molecular weight excluding hydrogens is 231 g/mol. The van der Waals surface area contributed by atoms with E-state index < -0.39 is 0 Å². The first-order chi connectivity index (χ1) is 8.74. The van der Waals surface area contributed by atoms with E-state index in [1.165, 1.54) is 12.1 Å². The second kappa shape index (κ2) is 5.28. The Labute approximate surface area is 104 Å². The molecule has 0 spiro atoms. The minimum Gasteiger partial charge on any atom is -0.494 e. The molecule has 0 N–H and O–H groups in total. The lowest BCUT2D eigenvalue weighted by molar-refractivity contribution is 0.414. The molecule has 0 aliphatic carbocycles. The van der Waals surface area contributed by atoms with Gasteiger partial charge in [0.15, 0.2) is 0 Å². The average Bonchev–Trinajstić information content (AvgIpc) is 2.40. The summed E-state index contributed by atoms with van der Waals surface area (Å²) in [5.74, 6) is 0.300. The molecule has 1 heterocycles. The molecule has 0 radical (unpaired) electrons. The molecule has 0 unspecified atom stereocenters. The van der Waals surface area contributed by atoms with Crippen molar-refractivity contribution < 1.29 is 9.13 Å². The van der Waals surface area contributed by atoms with Gasteiger partial charge < -0.3 is 4.74 Å². The van der Waals surface area contributed by atoms with Gasteiger partial charge in [-0.05, 0) is 36.4 Å². The van der Waals surface area contributed by atoms with Crippen LogP contribution in [0.25, 0.3) is 11.3 Å². The van der Waals surface area contributed by atoms with Crippen LogP contribution >= 0.6 is 0 Å². The van der Waals surface area contributed by atoms with Crippen LogP contribution in [0.5, 0.6) is 5.75 Å². The third kappa shape index (κ3) is 2.46. The first-order valence-corrected chi connectivity index (χ1v) is 5.41. The Balaban J connectivity index is 2.50. The van der Waals surface area contributed by atoms with Crippen molar-refractivity contribution in [2.45, 2.75) is 6.42 Å². The summed E-state index contributed by atoms with van der Waals surface area (Å²) in [6, 6.07) is 11.6. The first kappa shape index (κ1) is 12.1. The number of rotatable bonds is 3. The van der Waals surface area contributed by atoms with Gasteiger partial charge in [0, 0.05) is 5.56 Å². The molecule has 4 heteroatoms. The van der Waals surface area contributed by atoms with Crippen molar-refractivity contribution >= 4 is 0 Å². The van der Waals surface area contributed by atoms with Crippen LogP contribution in [0.15, 0.2) is 36.4 Å². The molecule has 0 atom stereocenters. The highest BCUT2D eigenvalue weighted by Gasteiger charge is 2.09. The van der Waals surface area contributed by atoms with Crippen molar-refractivity contribution in [2.75, 3.05) is 7.11 Å². The first-order valence-electron chi connectivity index (χ1n) is 5.41. The fourth-order valence-electron chi connectivity index (χ4n) is 1.65. The summed E-state index contributed by atoms with van der Waals surface area (Å²) < 4.78 is 18.1. The second-order valence-corrected chi connectivity index (χ2v) is 3.70. The maximum Gasteiger partial charge on any atom is 0.145 e. The number of nitrogens with zero attached hydrogens (tertiary/aromatic N) is 2. The lowest BCUT2D eigenvalue weighted by atomic mass is 10.1. The van der Waals surface area contributed by atoms with E-state index in [1.807, 2.05) is 6.07 Å². The highest BCUT2D eigenvalue weighted by molar-refractivity contribution is 5.66. The summed E-state index contributed by atoms with van der Waals surface area (Å²) in [6.45, 7) is 0. The monoisotopic (exact) mass is 242 g/mol. The van der Waals surface area contributed by atoms with Crippen LogP contribution in [-0.4, -0.2) is 12.1 Å². The number of aromatic nitrogens is 1. The molecule has 2 rings (SSSR count). The number of benzene rings is 1. The molecule has 2 aromatic rings. The van der Waals surface area contributed by atoms with Crippen LogP contribution in [-0.2, 0) is 6.42 Å². The second-order valence-electron chi connectivity index (χ2n) is 3.70. The fourth-order valence-corrected chi connectivity index (χ4v) is 1.65. The Morgan fingerprint density at radius 3 is 2.56 bits per heavy atom. The quantitative estimate of drug-likeness (QED) is 0.831. The van der Waals surface area contributed by atoms with Crippen molar-refractivity contribution in [3.63, 3.8) is 0 Å². The highest BCUT2D eigenvalue weighted by atomic mass is 19.1. The minimum atomic E-state index is -0.300. The van der Waals surface area contributed by atoms with E-state index in [1.54, 1.807) is 31.4 Å². The minimum absolute atomic E-state index is 0.234. The molecular formula is C14H11FN2O. The SMILES string of the molecule is COc1ccc(CC#N)nc1-c1ccc(F)cc1. The number of methoxy groups -OCH3 is 1. The van der Waals surface area contributed by atoms with Gasteiger partial charge in [-0.1, -0.05) is 0 Å². The largest absolute Gasteiger partial charge is 0.494 e. The molecule has 0 aliphatic rings. The zero-order valence-corrected chi connectivity index (χ0v) is 9.85. The van der Waals surface area contributed by atoms with Gasteiger partial charge >= 0.3 is 0 Å². The van der Waals surface area contributed by atoms with Crippen LogP contribution in [0.1, 0.15) is 5.69 Å². The van der Waals surface area contributed by atoms with E-state index in [-0.39, 0.29) is 12.2 Å². The number of nitriles is 1. The topological polar surface area (TPSA) is 45.9 Å². The van der Waals surface area contributed by atoms with Gasteiger partial charge in [0.25, 0.3) is 0 Å². The van der Waals surface area contributed by atoms with E-state index in [0.717, 1.165) is 5.56 Å².